The maximum absolute atomic E-state index is 12.5. The molecule has 1 aliphatic heterocycles. The van der Waals surface area contributed by atoms with Gasteiger partial charge in [-0.1, -0.05) is 36.5 Å². The van der Waals surface area contributed by atoms with E-state index in [1.807, 2.05) is 43.0 Å². The number of likely N-dealkylation sites (tertiary alicyclic amines) is 1. The number of hydrogen-bond acceptors (Lipinski definition) is 5. The maximum Gasteiger partial charge on any atom is 0.317 e. The highest BCUT2D eigenvalue weighted by atomic mass is 32.1. The van der Waals surface area contributed by atoms with Crippen LogP contribution in [0.15, 0.2) is 24.3 Å². The molecule has 0 spiro atoms. The minimum absolute atomic E-state index is 0.0268. The Balaban J connectivity index is 1.63. The SMILES string of the molecule is CC[C@@H](C)NC(=O)N1CCC[C@@H](c2nnc(C(=O)Nc3ccccc3C)s2)C1. The van der Waals surface area contributed by atoms with Gasteiger partial charge in [0.1, 0.15) is 5.01 Å². The zero-order valence-corrected chi connectivity index (χ0v) is 17.4. The Morgan fingerprint density at radius 3 is 2.86 bits per heavy atom. The zero-order valence-electron chi connectivity index (χ0n) is 16.6. The molecule has 28 heavy (non-hydrogen) atoms. The van der Waals surface area contributed by atoms with Gasteiger partial charge in [-0.05, 0) is 44.7 Å². The third-order valence-corrected chi connectivity index (χ3v) is 6.15. The molecular weight excluding hydrogens is 374 g/mol. The molecule has 2 aromatic rings. The highest BCUT2D eigenvalue weighted by Gasteiger charge is 2.28. The third-order valence-electron chi connectivity index (χ3n) is 5.07. The highest BCUT2D eigenvalue weighted by Crippen LogP contribution is 2.29. The van der Waals surface area contributed by atoms with Crippen LogP contribution in [0, 0.1) is 6.92 Å². The lowest BCUT2D eigenvalue weighted by Crippen LogP contribution is -2.47. The summed E-state index contributed by atoms with van der Waals surface area (Å²) in [6.45, 7) is 7.36. The van der Waals surface area contributed by atoms with E-state index in [1.54, 1.807) is 0 Å². The molecule has 1 saturated heterocycles. The predicted molar refractivity (Wildman–Crippen MR) is 111 cm³/mol. The molecule has 2 heterocycles. The van der Waals surface area contributed by atoms with Gasteiger partial charge in [0.05, 0.1) is 0 Å². The molecule has 150 valence electrons. The van der Waals surface area contributed by atoms with Gasteiger partial charge >= 0.3 is 6.03 Å². The number of amides is 3. The van der Waals surface area contributed by atoms with E-state index in [9.17, 15) is 9.59 Å². The van der Waals surface area contributed by atoms with Crippen molar-refractivity contribution in [3.05, 3.63) is 39.8 Å². The summed E-state index contributed by atoms with van der Waals surface area (Å²) in [4.78, 5) is 26.8. The fraction of sp³-hybridized carbons (Fsp3) is 0.500. The molecule has 1 fully saturated rings. The Kier molecular flexibility index (Phi) is 6.61. The quantitative estimate of drug-likeness (QED) is 0.798. The number of aryl methyl sites for hydroxylation is 1. The first-order valence-electron chi connectivity index (χ1n) is 9.73. The first-order chi connectivity index (χ1) is 13.5. The Hall–Kier alpha value is -2.48. The Bertz CT molecular complexity index is 838. The average Bonchev–Trinajstić information content (AvgIpc) is 3.20. The predicted octanol–water partition coefficient (Wildman–Crippen LogP) is 3.79. The second-order valence-electron chi connectivity index (χ2n) is 7.26. The van der Waals surface area contributed by atoms with Crippen LogP contribution in [0.3, 0.4) is 0 Å². The van der Waals surface area contributed by atoms with Crippen molar-refractivity contribution < 1.29 is 9.59 Å². The molecular formula is C20H27N5O2S. The molecule has 1 aromatic carbocycles. The number of piperidine rings is 1. The fourth-order valence-corrected chi connectivity index (χ4v) is 4.01. The van der Waals surface area contributed by atoms with Gasteiger partial charge in [-0.3, -0.25) is 4.79 Å². The summed E-state index contributed by atoms with van der Waals surface area (Å²) in [6, 6.07) is 7.76. The van der Waals surface area contributed by atoms with Crippen LogP contribution < -0.4 is 10.6 Å². The number of rotatable bonds is 5. The monoisotopic (exact) mass is 401 g/mol. The molecule has 0 saturated carbocycles. The lowest BCUT2D eigenvalue weighted by atomic mass is 9.99. The summed E-state index contributed by atoms with van der Waals surface area (Å²) in [5, 5.41) is 15.4. The van der Waals surface area contributed by atoms with Gasteiger partial charge in [0.25, 0.3) is 5.91 Å². The van der Waals surface area contributed by atoms with Crippen molar-refractivity contribution in [2.75, 3.05) is 18.4 Å². The van der Waals surface area contributed by atoms with Crippen LogP contribution in [0.2, 0.25) is 0 Å². The molecule has 0 unspecified atom stereocenters. The van der Waals surface area contributed by atoms with E-state index >= 15 is 0 Å². The lowest BCUT2D eigenvalue weighted by Gasteiger charge is -2.32. The van der Waals surface area contributed by atoms with E-state index in [2.05, 4.69) is 27.8 Å². The summed E-state index contributed by atoms with van der Waals surface area (Å²) >= 11 is 1.31. The van der Waals surface area contributed by atoms with Crippen molar-refractivity contribution in [2.45, 2.75) is 52.0 Å². The third kappa shape index (κ3) is 4.86. The fourth-order valence-electron chi connectivity index (χ4n) is 3.15. The van der Waals surface area contributed by atoms with Crippen molar-refractivity contribution in [2.24, 2.45) is 0 Å². The number of nitrogens with zero attached hydrogens (tertiary/aromatic N) is 3. The normalized spacial score (nSPS) is 17.8. The number of carbonyl (C=O) groups excluding carboxylic acids is 2. The maximum atomic E-state index is 12.5. The Labute approximate surface area is 169 Å². The van der Waals surface area contributed by atoms with Gasteiger partial charge in [0, 0.05) is 30.7 Å². The second kappa shape index (κ2) is 9.14. The van der Waals surface area contributed by atoms with E-state index in [0.717, 1.165) is 42.1 Å². The molecule has 2 atom stereocenters. The van der Waals surface area contributed by atoms with Crippen molar-refractivity contribution >= 4 is 29.0 Å². The Morgan fingerprint density at radius 1 is 1.32 bits per heavy atom. The summed E-state index contributed by atoms with van der Waals surface area (Å²) in [6.07, 6.45) is 2.77. The summed E-state index contributed by atoms with van der Waals surface area (Å²) in [5.74, 6) is -0.130. The average molecular weight is 402 g/mol. The largest absolute Gasteiger partial charge is 0.336 e. The van der Waals surface area contributed by atoms with Crippen LogP contribution in [0.25, 0.3) is 0 Å². The van der Waals surface area contributed by atoms with Crippen molar-refractivity contribution in [3.63, 3.8) is 0 Å². The van der Waals surface area contributed by atoms with Gasteiger partial charge in [-0.25, -0.2) is 4.79 Å². The first kappa shape index (κ1) is 20.3. The highest BCUT2D eigenvalue weighted by molar-refractivity contribution is 7.13. The molecule has 2 N–H and O–H groups in total. The van der Waals surface area contributed by atoms with Gasteiger partial charge in [-0.2, -0.15) is 0 Å². The minimum Gasteiger partial charge on any atom is -0.336 e. The van der Waals surface area contributed by atoms with Crippen molar-refractivity contribution in [3.8, 4) is 0 Å². The van der Waals surface area contributed by atoms with Gasteiger partial charge in [0.15, 0.2) is 0 Å². The van der Waals surface area contributed by atoms with Crippen LogP contribution in [-0.2, 0) is 0 Å². The number of nitrogens with one attached hydrogen (secondary N) is 2. The molecule has 1 aromatic heterocycles. The molecule has 1 aliphatic rings. The number of hydrogen-bond donors (Lipinski definition) is 2. The van der Waals surface area contributed by atoms with Gasteiger partial charge in [-0.15, -0.1) is 10.2 Å². The number of benzene rings is 1. The molecule has 3 amide bonds. The van der Waals surface area contributed by atoms with Gasteiger partial charge < -0.3 is 15.5 Å². The van der Waals surface area contributed by atoms with Crippen molar-refractivity contribution in [1.29, 1.82) is 0 Å². The minimum atomic E-state index is -0.250. The van der Waals surface area contributed by atoms with Crippen LogP contribution >= 0.6 is 11.3 Å². The van der Waals surface area contributed by atoms with Crippen LogP contribution in [-0.4, -0.2) is 46.2 Å². The molecule has 7 nitrogen and oxygen atoms in total. The zero-order chi connectivity index (χ0) is 20.1. The summed E-state index contributed by atoms with van der Waals surface area (Å²) in [7, 11) is 0. The number of carbonyl (C=O) groups is 2. The van der Waals surface area contributed by atoms with Gasteiger partial charge in [0.2, 0.25) is 5.01 Å². The number of para-hydroxylation sites is 1. The number of urea groups is 1. The molecule has 8 heteroatoms. The molecule has 0 bridgehead atoms. The molecule has 0 radical (unpaired) electrons. The van der Waals surface area contributed by atoms with E-state index in [0.29, 0.717) is 11.6 Å². The van der Waals surface area contributed by atoms with E-state index in [1.165, 1.54) is 11.3 Å². The topological polar surface area (TPSA) is 87.2 Å². The van der Waals surface area contributed by atoms with Crippen molar-refractivity contribution in [1.82, 2.24) is 20.4 Å². The first-order valence-corrected chi connectivity index (χ1v) is 10.6. The molecule has 0 aliphatic carbocycles. The second-order valence-corrected chi connectivity index (χ2v) is 8.27. The number of aromatic nitrogens is 2. The Morgan fingerprint density at radius 2 is 2.11 bits per heavy atom. The smallest absolute Gasteiger partial charge is 0.317 e. The summed E-state index contributed by atoms with van der Waals surface area (Å²) in [5.41, 5.74) is 1.77. The molecule has 3 rings (SSSR count). The van der Waals surface area contributed by atoms with Crippen LogP contribution in [0.5, 0.6) is 0 Å². The van der Waals surface area contributed by atoms with E-state index in [4.69, 9.17) is 0 Å². The van der Waals surface area contributed by atoms with Crippen LogP contribution in [0.4, 0.5) is 10.5 Å². The number of anilines is 1. The van der Waals surface area contributed by atoms with Crippen LogP contribution in [0.1, 0.15) is 59.4 Å². The van der Waals surface area contributed by atoms with E-state index < -0.39 is 0 Å². The lowest BCUT2D eigenvalue weighted by molar-refractivity contribution is 0.102. The van der Waals surface area contributed by atoms with E-state index in [-0.39, 0.29) is 23.9 Å². The standard InChI is InChI=1S/C20H27N5O2S/c1-4-14(3)21-20(27)25-11-7-9-15(12-25)18-23-24-19(28-18)17(26)22-16-10-6-5-8-13(16)2/h5-6,8,10,14-15H,4,7,9,11-12H2,1-3H3,(H,21,27)(H,22,26)/t14-,15-/m1/s1. The summed E-state index contributed by atoms with van der Waals surface area (Å²) < 4.78 is 0.